The van der Waals surface area contributed by atoms with Crippen molar-refractivity contribution in [1.82, 2.24) is 0 Å². The number of carbonyl (C=O) groups excluding carboxylic acids is 1. The van der Waals surface area contributed by atoms with Gasteiger partial charge in [0.25, 0.3) is 5.91 Å². The van der Waals surface area contributed by atoms with Gasteiger partial charge in [0.1, 0.15) is 5.75 Å². The molecule has 0 aliphatic rings. The van der Waals surface area contributed by atoms with E-state index in [2.05, 4.69) is 15.2 Å². The van der Waals surface area contributed by atoms with Crippen LogP contribution in [0.15, 0.2) is 58.6 Å². The van der Waals surface area contributed by atoms with Gasteiger partial charge in [-0.15, -0.1) is 11.8 Å². The van der Waals surface area contributed by atoms with Crippen LogP contribution in [-0.2, 0) is 9.63 Å². The standard InChI is InChI=1S/C17H16F2N2O3S/c1-25-15-4-2-3-13(9-15)21-16(22)11-23-20-10-12-5-7-14(8-6-12)24-17(18)19/h2-10,17H,11H2,1H3,(H,21,22)/b20-10-. The van der Waals surface area contributed by atoms with E-state index in [4.69, 9.17) is 4.84 Å². The maximum atomic E-state index is 12.0. The van der Waals surface area contributed by atoms with Gasteiger partial charge in [-0.3, -0.25) is 4.79 Å². The van der Waals surface area contributed by atoms with Gasteiger partial charge in [0.2, 0.25) is 0 Å². The number of alkyl halides is 2. The third-order valence-electron chi connectivity index (χ3n) is 2.93. The zero-order valence-corrected chi connectivity index (χ0v) is 14.1. The van der Waals surface area contributed by atoms with Crippen LogP contribution in [0.5, 0.6) is 5.75 Å². The lowest BCUT2D eigenvalue weighted by atomic mass is 10.2. The first-order chi connectivity index (χ1) is 12.1. The van der Waals surface area contributed by atoms with Crippen LogP contribution >= 0.6 is 11.8 Å². The van der Waals surface area contributed by atoms with Crippen molar-refractivity contribution in [3.63, 3.8) is 0 Å². The molecule has 0 bridgehead atoms. The van der Waals surface area contributed by atoms with Gasteiger partial charge in [-0.1, -0.05) is 11.2 Å². The number of oxime groups is 1. The first-order valence-corrected chi connectivity index (χ1v) is 8.43. The van der Waals surface area contributed by atoms with Crippen molar-refractivity contribution in [2.75, 3.05) is 18.2 Å². The second-order valence-corrected chi connectivity index (χ2v) is 5.62. The van der Waals surface area contributed by atoms with E-state index in [9.17, 15) is 13.6 Å². The summed E-state index contributed by atoms with van der Waals surface area (Å²) in [7, 11) is 0. The van der Waals surface area contributed by atoms with Gasteiger partial charge in [-0.05, 0) is 54.3 Å². The molecule has 0 spiro atoms. The zero-order chi connectivity index (χ0) is 18.1. The van der Waals surface area contributed by atoms with E-state index in [1.165, 1.54) is 18.3 Å². The average Bonchev–Trinajstić information content (AvgIpc) is 2.60. The van der Waals surface area contributed by atoms with Crippen LogP contribution < -0.4 is 10.1 Å². The Kier molecular flexibility index (Phi) is 7.21. The normalized spacial score (nSPS) is 10.9. The summed E-state index contributed by atoms with van der Waals surface area (Å²) in [5.41, 5.74) is 1.30. The fraction of sp³-hybridized carbons (Fsp3) is 0.176. The Morgan fingerprint density at radius 2 is 2.04 bits per heavy atom. The van der Waals surface area contributed by atoms with Crippen molar-refractivity contribution in [2.45, 2.75) is 11.5 Å². The number of rotatable bonds is 8. The predicted molar refractivity (Wildman–Crippen MR) is 93.5 cm³/mol. The number of thioether (sulfide) groups is 1. The topological polar surface area (TPSA) is 59.9 Å². The molecule has 8 heteroatoms. The monoisotopic (exact) mass is 366 g/mol. The Morgan fingerprint density at radius 3 is 2.72 bits per heavy atom. The van der Waals surface area contributed by atoms with Crippen LogP contribution in [0.1, 0.15) is 5.56 Å². The lowest BCUT2D eigenvalue weighted by molar-refractivity contribution is -0.120. The van der Waals surface area contributed by atoms with Crippen molar-refractivity contribution >= 4 is 29.6 Å². The fourth-order valence-corrected chi connectivity index (χ4v) is 2.29. The highest BCUT2D eigenvalue weighted by molar-refractivity contribution is 7.98. The SMILES string of the molecule is CSc1cccc(NC(=O)CO/N=C\c2ccc(OC(F)F)cc2)c1. The van der Waals surface area contributed by atoms with Gasteiger partial charge in [0, 0.05) is 10.6 Å². The maximum Gasteiger partial charge on any atom is 0.387 e. The average molecular weight is 366 g/mol. The number of nitrogens with zero attached hydrogens (tertiary/aromatic N) is 1. The number of hydrogen-bond acceptors (Lipinski definition) is 5. The number of hydrogen-bond donors (Lipinski definition) is 1. The Bertz CT molecular complexity index is 724. The zero-order valence-electron chi connectivity index (χ0n) is 13.3. The number of ether oxygens (including phenoxy) is 1. The summed E-state index contributed by atoms with van der Waals surface area (Å²) < 4.78 is 28.3. The fourth-order valence-electron chi connectivity index (χ4n) is 1.83. The molecule has 0 aliphatic heterocycles. The number of carbonyl (C=O) groups is 1. The quantitative estimate of drug-likeness (QED) is 0.436. The first-order valence-electron chi connectivity index (χ1n) is 7.21. The van der Waals surface area contributed by atoms with Gasteiger partial charge in [0.05, 0.1) is 6.21 Å². The van der Waals surface area contributed by atoms with Crippen molar-refractivity contribution in [3.05, 3.63) is 54.1 Å². The van der Waals surface area contributed by atoms with E-state index >= 15 is 0 Å². The van der Waals surface area contributed by atoms with Crippen LogP contribution in [0.2, 0.25) is 0 Å². The third kappa shape index (κ3) is 6.80. The molecule has 0 unspecified atom stereocenters. The smallest absolute Gasteiger partial charge is 0.387 e. The Balaban J connectivity index is 1.77. The molecule has 0 aliphatic carbocycles. The molecule has 5 nitrogen and oxygen atoms in total. The maximum absolute atomic E-state index is 12.0. The molecule has 2 rings (SSSR count). The number of benzene rings is 2. The van der Waals surface area contributed by atoms with E-state index in [-0.39, 0.29) is 18.3 Å². The van der Waals surface area contributed by atoms with Gasteiger partial charge in [0.15, 0.2) is 6.61 Å². The predicted octanol–water partition coefficient (Wildman–Crippen LogP) is 4.00. The molecule has 0 saturated carbocycles. The summed E-state index contributed by atoms with van der Waals surface area (Å²) in [5, 5.41) is 6.37. The molecule has 132 valence electrons. The van der Waals surface area contributed by atoms with Crippen LogP contribution in [0.4, 0.5) is 14.5 Å². The van der Waals surface area contributed by atoms with Crippen molar-refractivity contribution in [1.29, 1.82) is 0 Å². The minimum atomic E-state index is -2.86. The van der Waals surface area contributed by atoms with Crippen molar-refractivity contribution in [3.8, 4) is 5.75 Å². The molecule has 0 heterocycles. The molecular formula is C17H16F2N2O3S. The molecule has 25 heavy (non-hydrogen) atoms. The van der Waals surface area contributed by atoms with Crippen molar-refractivity contribution in [2.24, 2.45) is 5.16 Å². The van der Waals surface area contributed by atoms with E-state index in [1.807, 2.05) is 24.5 Å². The number of nitrogens with one attached hydrogen (secondary N) is 1. The molecule has 0 atom stereocenters. The highest BCUT2D eigenvalue weighted by Crippen LogP contribution is 2.18. The summed E-state index contributed by atoms with van der Waals surface area (Å²) in [4.78, 5) is 17.7. The van der Waals surface area contributed by atoms with Crippen LogP contribution in [0.25, 0.3) is 0 Å². The molecule has 0 aromatic heterocycles. The molecule has 0 radical (unpaired) electrons. The van der Waals surface area contributed by atoms with Gasteiger partial charge in [-0.2, -0.15) is 8.78 Å². The first kappa shape index (κ1) is 18.7. The lowest BCUT2D eigenvalue weighted by Gasteiger charge is -2.05. The molecular weight excluding hydrogens is 350 g/mol. The number of anilines is 1. The summed E-state index contributed by atoms with van der Waals surface area (Å²) in [6.07, 6.45) is 3.32. The Morgan fingerprint density at radius 1 is 1.28 bits per heavy atom. The van der Waals surface area contributed by atoms with Gasteiger partial charge >= 0.3 is 6.61 Å². The summed E-state index contributed by atoms with van der Waals surface area (Å²) in [6, 6.07) is 13.3. The molecule has 2 aromatic carbocycles. The summed E-state index contributed by atoms with van der Waals surface area (Å²) in [6.45, 7) is -3.11. The summed E-state index contributed by atoms with van der Waals surface area (Å²) in [5.74, 6) is -0.281. The number of amides is 1. The lowest BCUT2D eigenvalue weighted by Crippen LogP contribution is -2.16. The second-order valence-electron chi connectivity index (χ2n) is 4.74. The molecule has 1 amide bonds. The molecule has 1 N–H and O–H groups in total. The van der Waals surface area contributed by atoms with Gasteiger partial charge < -0.3 is 14.9 Å². The molecule has 0 saturated heterocycles. The van der Waals surface area contributed by atoms with E-state index < -0.39 is 6.61 Å². The van der Waals surface area contributed by atoms with E-state index in [0.29, 0.717) is 11.3 Å². The largest absolute Gasteiger partial charge is 0.435 e. The third-order valence-corrected chi connectivity index (χ3v) is 3.66. The highest BCUT2D eigenvalue weighted by Gasteiger charge is 2.04. The Hall–Kier alpha value is -2.61. The summed E-state index contributed by atoms with van der Waals surface area (Å²) >= 11 is 1.58. The van der Waals surface area contributed by atoms with Crippen LogP contribution in [0.3, 0.4) is 0 Å². The highest BCUT2D eigenvalue weighted by atomic mass is 32.2. The minimum absolute atomic E-state index is 0.0555. The number of halogens is 2. The van der Waals surface area contributed by atoms with Crippen LogP contribution in [0, 0.1) is 0 Å². The second kappa shape index (κ2) is 9.63. The van der Waals surface area contributed by atoms with Crippen molar-refractivity contribution < 1.29 is 23.1 Å². The van der Waals surface area contributed by atoms with E-state index in [0.717, 1.165) is 4.90 Å². The Labute approximate surface area is 148 Å². The van der Waals surface area contributed by atoms with Gasteiger partial charge in [-0.25, -0.2) is 0 Å². The molecule has 2 aromatic rings. The molecule has 0 fully saturated rings. The van der Waals surface area contributed by atoms with E-state index in [1.54, 1.807) is 30.0 Å². The minimum Gasteiger partial charge on any atom is -0.435 e. The van der Waals surface area contributed by atoms with Crippen LogP contribution in [-0.4, -0.2) is 31.6 Å².